The number of sulfone groups is 1. The van der Waals surface area contributed by atoms with Crippen LogP contribution in [0.5, 0.6) is 5.75 Å². The standard InChI is InChI=1S/C23H29NO5S/c1-3-29-23(25)22-17-21(30(26,27)20-11-9-19(28-2)10-12-20)14-16-24(22)15-13-18-7-5-4-6-8-18/h4-12,21-22H,3,13-17H2,1-2H3. The quantitative estimate of drug-likeness (QED) is 0.598. The van der Waals surface area contributed by atoms with E-state index >= 15 is 0 Å². The molecule has 0 amide bonds. The van der Waals surface area contributed by atoms with Gasteiger partial charge in [-0.1, -0.05) is 30.3 Å². The number of benzene rings is 2. The molecule has 3 rings (SSSR count). The molecular weight excluding hydrogens is 402 g/mol. The number of carbonyl (C=O) groups excluding carboxylic acids is 1. The van der Waals surface area contributed by atoms with Crippen molar-refractivity contribution < 1.29 is 22.7 Å². The van der Waals surface area contributed by atoms with Crippen molar-refractivity contribution in [2.45, 2.75) is 42.4 Å². The van der Waals surface area contributed by atoms with E-state index in [1.165, 1.54) is 5.56 Å². The molecule has 2 atom stereocenters. The Balaban J connectivity index is 1.75. The van der Waals surface area contributed by atoms with Crippen LogP contribution in [-0.4, -0.2) is 57.4 Å². The molecule has 2 aromatic rings. The van der Waals surface area contributed by atoms with Crippen molar-refractivity contribution in [3.63, 3.8) is 0 Å². The molecule has 0 saturated carbocycles. The van der Waals surface area contributed by atoms with Crippen LogP contribution in [0.25, 0.3) is 0 Å². The Morgan fingerprint density at radius 3 is 2.43 bits per heavy atom. The molecule has 1 aliphatic rings. The van der Waals surface area contributed by atoms with E-state index in [2.05, 4.69) is 17.0 Å². The number of hydrogen-bond donors (Lipinski definition) is 0. The molecule has 1 fully saturated rings. The van der Waals surface area contributed by atoms with Crippen molar-refractivity contribution >= 4 is 15.8 Å². The van der Waals surface area contributed by atoms with Crippen LogP contribution in [0, 0.1) is 0 Å². The van der Waals surface area contributed by atoms with Gasteiger partial charge in [-0.15, -0.1) is 0 Å². The van der Waals surface area contributed by atoms with Crippen LogP contribution in [0.1, 0.15) is 25.3 Å². The number of nitrogens with zero attached hydrogens (tertiary/aromatic N) is 1. The third-order valence-electron chi connectivity index (χ3n) is 5.58. The van der Waals surface area contributed by atoms with Crippen molar-refractivity contribution in [2.75, 3.05) is 26.8 Å². The lowest BCUT2D eigenvalue weighted by Crippen LogP contribution is -2.51. The maximum Gasteiger partial charge on any atom is 0.323 e. The van der Waals surface area contributed by atoms with E-state index in [1.54, 1.807) is 38.3 Å². The van der Waals surface area contributed by atoms with Gasteiger partial charge >= 0.3 is 5.97 Å². The maximum atomic E-state index is 13.2. The largest absolute Gasteiger partial charge is 0.497 e. The Labute approximate surface area is 178 Å². The average molecular weight is 432 g/mol. The number of rotatable bonds is 8. The summed E-state index contributed by atoms with van der Waals surface area (Å²) in [5.74, 6) is 0.259. The Kier molecular flexibility index (Phi) is 7.50. The number of carbonyl (C=O) groups is 1. The second kappa shape index (κ2) is 10.1. The van der Waals surface area contributed by atoms with Crippen LogP contribution < -0.4 is 4.74 Å². The molecule has 0 radical (unpaired) electrons. The van der Waals surface area contributed by atoms with Crippen LogP contribution in [0.4, 0.5) is 0 Å². The number of piperidine rings is 1. The summed E-state index contributed by atoms with van der Waals surface area (Å²) in [6, 6.07) is 15.9. The highest BCUT2D eigenvalue weighted by molar-refractivity contribution is 7.92. The first kappa shape index (κ1) is 22.3. The molecule has 1 saturated heterocycles. The smallest absolute Gasteiger partial charge is 0.323 e. The van der Waals surface area contributed by atoms with Crippen LogP contribution in [-0.2, 0) is 25.8 Å². The van der Waals surface area contributed by atoms with E-state index in [0.717, 1.165) is 6.42 Å². The second-order valence-corrected chi connectivity index (χ2v) is 9.63. The number of hydrogen-bond acceptors (Lipinski definition) is 6. The first-order valence-corrected chi connectivity index (χ1v) is 11.8. The zero-order chi connectivity index (χ0) is 21.6. The molecule has 30 heavy (non-hydrogen) atoms. The van der Waals surface area contributed by atoms with Gasteiger partial charge in [-0.2, -0.15) is 0 Å². The van der Waals surface area contributed by atoms with Crippen LogP contribution in [0.3, 0.4) is 0 Å². The topological polar surface area (TPSA) is 72.9 Å². The molecule has 2 unspecified atom stereocenters. The van der Waals surface area contributed by atoms with E-state index in [-0.39, 0.29) is 23.9 Å². The number of methoxy groups -OCH3 is 1. The van der Waals surface area contributed by atoms with Crippen molar-refractivity contribution in [1.82, 2.24) is 4.90 Å². The maximum absolute atomic E-state index is 13.2. The minimum absolute atomic E-state index is 0.238. The molecule has 162 valence electrons. The molecule has 0 bridgehead atoms. The van der Waals surface area contributed by atoms with Crippen LogP contribution >= 0.6 is 0 Å². The highest BCUT2D eigenvalue weighted by atomic mass is 32.2. The molecule has 0 N–H and O–H groups in total. The first-order chi connectivity index (χ1) is 14.5. The lowest BCUT2D eigenvalue weighted by molar-refractivity contribution is -0.150. The molecule has 0 aromatic heterocycles. The zero-order valence-electron chi connectivity index (χ0n) is 17.5. The zero-order valence-corrected chi connectivity index (χ0v) is 18.3. The average Bonchev–Trinajstić information content (AvgIpc) is 2.78. The van der Waals surface area contributed by atoms with Gasteiger partial charge < -0.3 is 9.47 Å². The summed E-state index contributed by atoms with van der Waals surface area (Å²) in [6.45, 7) is 3.26. The second-order valence-electron chi connectivity index (χ2n) is 7.41. The molecule has 0 aliphatic carbocycles. The Morgan fingerprint density at radius 1 is 1.10 bits per heavy atom. The van der Waals surface area contributed by atoms with Gasteiger partial charge in [0.15, 0.2) is 9.84 Å². The number of esters is 1. The summed E-state index contributed by atoms with van der Waals surface area (Å²) in [6.07, 6.45) is 1.52. The molecule has 2 aromatic carbocycles. The fourth-order valence-corrected chi connectivity index (χ4v) is 5.64. The Morgan fingerprint density at radius 2 is 1.80 bits per heavy atom. The summed E-state index contributed by atoms with van der Waals surface area (Å²) < 4.78 is 36.8. The Bertz CT molecular complexity index is 928. The molecule has 7 heteroatoms. The SMILES string of the molecule is CCOC(=O)C1CC(S(=O)(=O)c2ccc(OC)cc2)CCN1CCc1ccccc1. The normalized spacial score (nSPS) is 19.9. The summed E-state index contributed by atoms with van der Waals surface area (Å²) >= 11 is 0. The summed E-state index contributed by atoms with van der Waals surface area (Å²) in [5, 5.41) is -0.617. The van der Waals surface area contributed by atoms with Crippen molar-refractivity contribution in [3.05, 3.63) is 60.2 Å². The van der Waals surface area contributed by atoms with Gasteiger partial charge in [0.1, 0.15) is 11.8 Å². The van der Waals surface area contributed by atoms with Gasteiger partial charge in [0.25, 0.3) is 0 Å². The molecule has 6 nitrogen and oxygen atoms in total. The lowest BCUT2D eigenvalue weighted by atomic mass is 10.0. The minimum atomic E-state index is -3.55. The predicted octanol–water partition coefficient (Wildman–Crippen LogP) is 3.11. The predicted molar refractivity (Wildman–Crippen MR) is 115 cm³/mol. The minimum Gasteiger partial charge on any atom is -0.497 e. The molecule has 1 heterocycles. The number of ether oxygens (including phenoxy) is 2. The van der Waals surface area contributed by atoms with E-state index in [0.29, 0.717) is 25.3 Å². The molecule has 0 spiro atoms. The first-order valence-electron chi connectivity index (χ1n) is 10.3. The van der Waals surface area contributed by atoms with E-state index in [1.807, 2.05) is 18.2 Å². The summed E-state index contributed by atoms with van der Waals surface area (Å²) in [5.41, 5.74) is 1.19. The van der Waals surface area contributed by atoms with Gasteiger partial charge in [-0.05, 0) is 56.0 Å². The van der Waals surface area contributed by atoms with E-state index < -0.39 is 21.1 Å². The van der Waals surface area contributed by atoms with Crippen molar-refractivity contribution in [1.29, 1.82) is 0 Å². The van der Waals surface area contributed by atoms with Crippen molar-refractivity contribution in [2.24, 2.45) is 0 Å². The highest BCUT2D eigenvalue weighted by Gasteiger charge is 2.40. The lowest BCUT2D eigenvalue weighted by Gasteiger charge is -2.37. The van der Waals surface area contributed by atoms with Gasteiger partial charge in [0, 0.05) is 13.1 Å². The molecule has 1 aliphatic heterocycles. The van der Waals surface area contributed by atoms with Gasteiger partial charge in [0.05, 0.1) is 23.9 Å². The van der Waals surface area contributed by atoms with Gasteiger partial charge in [-0.3, -0.25) is 9.69 Å². The fourth-order valence-electron chi connectivity index (χ4n) is 3.89. The summed E-state index contributed by atoms with van der Waals surface area (Å²) in [4.78, 5) is 15.0. The van der Waals surface area contributed by atoms with Gasteiger partial charge in [0.2, 0.25) is 0 Å². The molecular formula is C23H29NO5S. The Hall–Kier alpha value is -2.38. The fraction of sp³-hybridized carbons (Fsp3) is 0.435. The monoisotopic (exact) mass is 431 g/mol. The van der Waals surface area contributed by atoms with Crippen LogP contribution in [0.15, 0.2) is 59.5 Å². The van der Waals surface area contributed by atoms with Gasteiger partial charge in [-0.25, -0.2) is 8.42 Å². The highest BCUT2D eigenvalue weighted by Crippen LogP contribution is 2.29. The third kappa shape index (κ3) is 5.21. The van der Waals surface area contributed by atoms with Crippen LogP contribution in [0.2, 0.25) is 0 Å². The van der Waals surface area contributed by atoms with Crippen molar-refractivity contribution in [3.8, 4) is 5.75 Å². The van der Waals surface area contributed by atoms with E-state index in [9.17, 15) is 13.2 Å². The third-order valence-corrected chi connectivity index (χ3v) is 7.82. The van der Waals surface area contributed by atoms with E-state index in [4.69, 9.17) is 9.47 Å². The summed E-state index contributed by atoms with van der Waals surface area (Å²) in [7, 11) is -2.01. The number of likely N-dealkylation sites (tertiary alicyclic amines) is 1.